The Kier molecular flexibility index (Phi) is 77.6. The molecule has 0 saturated heterocycles. The maximum absolute atomic E-state index is 12.9. The lowest BCUT2D eigenvalue weighted by molar-refractivity contribution is -0.870. The lowest BCUT2D eigenvalue weighted by Gasteiger charge is -2.28. The van der Waals surface area contributed by atoms with Gasteiger partial charge < -0.3 is 27.9 Å². The van der Waals surface area contributed by atoms with Crippen LogP contribution in [-0.4, -0.2) is 70.0 Å². The fraction of sp³-hybridized carbons (Fsp3) is 0.800. The Labute approximate surface area is 621 Å². The first kappa shape index (κ1) is 96.9. The van der Waals surface area contributed by atoms with Crippen molar-refractivity contribution < 1.29 is 42.1 Å². The van der Waals surface area contributed by atoms with Gasteiger partial charge in [-0.15, -0.1) is 0 Å². The highest BCUT2D eigenvalue weighted by atomic mass is 31.2. The Morgan fingerprint density at radius 1 is 0.320 bits per heavy atom. The number of phosphoric ester groups is 1. The molecule has 2 atom stereocenters. The van der Waals surface area contributed by atoms with Crippen LogP contribution in [0.15, 0.2) is 97.2 Å². The molecule has 100 heavy (non-hydrogen) atoms. The number of allylic oxidation sites excluding steroid dienone is 16. The highest BCUT2D eigenvalue weighted by Crippen LogP contribution is 2.38. The number of hydrogen-bond acceptors (Lipinski definition) is 8. The van der Waals surface area contributed by atoms with Gasteiger partial charge in [0, 0.05) is 12.8 Å². The van der Waals surface area contributed by atoms with Crippen LogP contribution >= 0.6 is 7.82 Å². The van der Waals surface area contributed by atoms with Crippen LogP contribution in [-0.2, 0) is 32.7 Å². The predicted octanol–water partition coefficient (Wildman–Crippen LogP) is 28.3. The number of rotatable bonds is 80. The lowest BCUT2D eigenvalue weighted by atomic mass is 10.0. The van der Waals surface area contributed by atoms with Crippen molar-refractivity contribution in [3.63, 3.8) is 0 Å². The Morgan fingerprint density at radius 2 is 0.570 bits per heavy atom. The monoisotopic (exact) mass is 1420 g/mol. The van der Waals surface area contributed by atoms with E-state index in [1.165, 1.54) is 295 Å². The zero-order valence-corrected chi connectivity index (χ0v) is 67.5. The standard InChI is InChI=1S/C90H164NO8P/c1-6-8-10-12-14-16-18-20-22-24-26-28-30-32-34-36-38-40-42-43-44-45-46-47-49-50-52-54-56-58-60-62-64-66-68-70-72-74-76-78-80-82-89(92)96-86-88(87-98-100(94,95)97-85-84-91(3,4)5)99-90(93)83-81-79-77-75-73-71-69-67-65-63-61-59-57-55-53-51-48-41-39-37-35-33-31-29-27-25-23-21-19-17-15-13-11-9-7-2/h9,11,15,17-18,20-21,23-24,26-27,29,33,35,39,41,88H,6-8,10,12-14,16,19,22,25,28,30-32,34,36-38,40,42-87H2,1-5H3/b11-9-,17-15-,20-18-,23-21-,26-24-,29-27-,35-33-,41-39-. The molecular weight excluding hydrogens is 1250 g/mol. The summed E-state index contributed by atoms with van der Waals surface area (Å²) in [4.78, 5) is 38.2. The molecule has 0 aromatic carbocycles. The van der Waals surface area contributed by atoms with Gasteiger partial charge in [0.25, 0.3) is 7.82 Å². The van der Waals surface area contributed by atoms with E-state index in [9.17, 15) is 19.0 Å². The molecule has 0 aromatic heterocycles. The third-order valence-corrected chi connectivity index (χ3v) is 20.1. The molecule has 582 valence electrons. The summed E-state index contributed by atoms with van der Waals surface area (Å²) in [5.74, 6) is -0.815. The number of likely N-dealkylation sites (N-methyl/N-ethyl adjacent to an activating group) is 1. The van der Waals surface area contributed by atoms with Gasteiger partial charge in [0.2, 0.25) is 0 Å². The number of unbranched alkanes of at least 4 members (excludes halogenated alkanes) is 50. The first-order chi connectivity index (χ1) is 49.0. The van der Waals surface area contributed by atoms with Crippen molar-refractivity contribution in [3.8, 4) is 0 Å². The molecule has 0 aliphatic rings. The van der Waals surface area contributed by atoms with E-state index in [1.807, 2.05) is 21.1 Å². The molecule has 9 nitrogen and oxygen atoms in total. The van der Waals surface area contributed by atoms with Crippen LogP contribution in [0, 0.1) is 0 Å². The minimum absolute atomic E-state index is 0.0308. The maximum atomic E-state index is 12.9. The SMILES string of the molecule is CC/C=C\C/C=C\C/C=C\C/C=C\C/C=C\C/C=C\CCCCCCCCCCCCCCCCCCC(=O)OC(COC(=O)CCCCCCCCCCCCCCCCCCCCCCCCCCCCCCC/C=C\C/C=C\CCCCCCC)COP(=O)([O-])OCC[N+](C)(C)C. The molecule has 0 heterocycles. The van der Waals surface area contributed by atoms with E-state index >= 15 is 0 Å². The molecular formula is C90H164NO8P. The number of nitrogens with zero attached hydrogens (tertiary/aromatic N) is 1. The number of carbonyl (C=O) groups excluding carboxylic acids is 2. The second-order valence-electron chi connectivity index (χ2n) is 30.2. The van der Waals surface area contributed by atoms with Gasteiger partial charge in [0.1, 0.15) is 19.8 Å². The summed E-state index contributed by atoms with van der Waals surface area (Å²) < 4.78 is 34.5. The van der Waals surface area contributed by atoms with Gasteiger partial charge >= 0.3 is 11.9 Å². The van der Waals surface area contributed by atoms with E-state index in [0.717, 1.165) is 83.5 Å². The summed E-state index contributed by atoms with van der Waals surface area (Å²) in [5, 5.41) is 0. The second kappa shape index (κ2) is 80.0. The van der Waals surface area contributed by atoms with Crippen molar-refractivity contribution in [2.45, 2.75) is 418 Å². The minimum Gasteiger partial charge on any atom is -0.756 e. The smallest absolute Gasteiger partial charge is 0.306 e. The topological polar surface area (TPSA) is 111 Å². The van der Waals surface area contributed by atoms with Gasteiger partial charge in [-0.25, -0.2) is 0 Å². The summed E-state index contributed by atoms with van der Waals surface area (Å²) in [6.07, 6.45) is 113. The van der Waals surface area contributed by atoms with E-state index in [-0.39, 0.29) is 32.0 Å². The number of phosphoric acid groups is 1. The summed E-state index contributed by atoms with van der Waals surface area (Å²) in [7, 11) is 1.18. The predicted molar refractivity (Wildman–Crippen MR) is 434 cm³/mol. The van der Waals surface area contributed by atoms with Crippen molar-refractivity contribution in [2.75, 3.05) is 47.5 Å². The number of quaternary nitrogens is 1. The van der Waals surface area contributed by atoms with Gasteiger partial charge in [-0.2, -0.15) is 0 Å². The lowest BCUT2D eigenvalue weighted by Crippen LogP contribution is -2.37. The third-order valence-electron chi connectivity index (χ3n) is 19.1. The van der Waals surface area contributed by atoms with E-state index in [4.69, 9.17) is 18.5 Å². The molecule has 0 fully saturated rings. The van der Waals surface area contributed by atoms with Crippen LogP contribution in [0.3, 0.4) is 0 Å². The van der Waals surface area contributed by atoms with Gasteiger partial charge in [-0.3, -0.25) is 14.2 Å². The number of carbonyl (C=O) groups is 2. The quantitative estimate of drug-likeness (QED) is 0.0195. The third kappa shape index (κ3) is 83.9. The largest absolute Gasteiger partial charge is 0.756 e. The maximum Gasteiger partial charge on any atom is 0.306 e. The number of esters is 2. The van der Waals surface area contributed by atoms with Gasteiger partial charge in [-0.05, 0) is 96.3 Å². The molecule has 0 radical (unpaired) electrons. The molecule has 10 heteroatoms. The summed E-state index contributed by atoms with van der Waals surface area (Å²) in [6, 6.07) is 0. The van der Waals surface area contributed by atoms with Crippen molar-refractivity contribution in [1.82, 2.24) is 0 Å². The zero-order valence-electron chi connectivity index (χ0n) is 66.6. The molecule has 0 aliphatic carbocycles. The minimum atomic E-state index is -4.65. The van der Waals surface area contributed by atoms with E-state index < -0.39 is 26.5 Å². The Balaban J connectivity index is 3.89. The van der Waals surface area contributed by atoms with Crippen LogP contribution in [0.5, 0.6) is 0 Å². The number of hydrogen-bond donors (Lipinski definition) is 0. The van der Waals surface area contributed by atoms with Crippen LogP contribution in [0.4, 0.5) is 0 Å². The van der Waals surface area contributed by atoms with Gasteiger partial charge in [0.15, 0.2) is 6.10 Å². The number of ether oxygens (including phenoxy) is 2. The van der Waals surface area contributed by atoms with Crippen molar-refractivity contribution >= 4 is 19.8 Å². The Bertz CT molecular complexity index is 2010. The zero-order chi connectivity index (χ0) is 72.5. The van der Waals surface area contributed by atoms with Crippen molar-refractivity contribution in [1.29, 1.82) is 0 Å². The van der Waals surface area contributed by atoms with Crippen LogP contribution < -0.4 is 4.89 Å². The van der Waals surface area contributed by atoms with E-state index in [0.29, 0.717) is 17.4 Å². The van der Waals surface area contributed by atoms with E-state index in [1.54, 1.807) is 0 Å². The average molecular weight is 1420 g/mol. The fourth-order valence-corrected chi connectivity index (χ4v) is 13.3. The molecule has 2 unspecified atom stereocenters. The Morgan fingerprint density at radius 3 is 0.850 bits per heavy atom. The summed E-state index contributed by atoms with van der Waals surface area (Å²) in [6.45, 7) is 4.17. The first-order valence-corrected chi connectivity index (χ1v) is 44.4. The highest BCUT2D eigenvalue weighted by molar-refractivity contribution is 7.45. The van der Waals surface area contributed by atoms with Crippen LogP contribution in [0.1, 0.15) is 412 Å². The molecule has 0 amide bonds. The first-order valence-electron chi connectivity index (χ1n) is 42.9. The fourth-order valence-electron chi connectivity index (χ4n) is 12.6. The van der Waals surface area contributed by atoms with Crippen LogP contribution in [0.2, 0.25) is 0 Å². The highest BCUT2D eigenvalue weighted by Gasteiger charge is 2.22. The van der Waals surface area contributed by atoms with E-state index in [2.05, 4.69) is 111 Å². The average Bonchev–Trinajstić information content (AvgIpc) is 1.65. The Hall–Kier alpha value is -3.07. The normalized spacial score (nSPS) is 13.5. The van der Waals surface area contributed by atoms with Gasteiger partial charge in [0.05, 0.1) is 27.7 Å². The summed E-state index contributed by atoms with van der Waals surface area (Å²) >= 11 is 0. The molecule has 0 N–H and O–H groups in total. The molecule has 0 rings (SSSR count). The molecule has 0 bridgehead atoms. The summed E-state index contributed by atoms with van der Waals surface area (Å²) in [5.41, 5.74) is 0. The molecule has 0 spiro atoms. The van der Waals surface area contributed by atoms with Gasteiger partial charge in [-0.1, -0.05) is 400 Å². The van der Waals surface area contributed by atoms with Crippen molar-refractivity contribution in [2.24, 2.45) is 0 Å². The van der Waals surface area contributed by atoms with Crippen LogP contribution in [0.25, 0.3) is 0 Å². The molecule has 0 saturated carbocycles. The second-order valence-corrected chi connectivity index (χ2v) is 31.6. The molecule has 0 aliphatic heterocycles. The molecule has 0 aromatic rings. The van der Waals surface area contributed by atoms with Crippen molar-refractivity contribution in [3.05, 3.63) is 97.2 Å².